The Bertz CT molecular complexity index is 592. The molecule has 0 saturated carbocycles. The molecule has 3 atom stereocenters. The van der Waals surface area contributed by atoms with Gasteiger partial charge in [-0.25, -0.2) is 4.79 Å². The highest BCUT2D eigenvalue weighted by molar-refractivity contribution is 7.98. The van der Waals surface area contributed by atoms with E-state index in [1.165, 1.54) is 23.5 Å². The maximum atomic E-state index is 12.3. The second kappa shape index (κ2) is 14.9. The number of hydrogen-bond acceptors (Lipinski definition) is 8. The number of amides is 3. The number of rotatable bonds is 15. The lowest BCUT2D eigenvalue weighted by Gasteiger charge is -2.21. The molecule has 0 aliphatic heterocycles. The van der Waals surface area contributed by atoms with Crippen molar-refractivity contribution in [2.45, 2.75) is 37.4 Å². The Hall–Kier alpha value is -1.99. The molecule has 0 bridgehead atoms. The molecule has 0 aromatic carbocycles. The standard InChI is InChI=1S/C16H28N4O7S2/c1-28-5-3-9(17)14(24)18-8-12(21)19-10(4-6-29-2)15(25)20-11(16(26)27)7-13(22)23/h9-11H,3-8,17H2,1-2H3,(H,18,24)(H,19,21)(H,20,25)(H,22,23)(H,26,27). The van der Waals surface area contributed by atoms with Gasteiger partial charge in [-0.3, -0.25) is 19.2 Å². The zero-order chi connectivity index (χ0) is 22.4. The van der Waals surface area contributed by atoms with Crippen LogP contribution >= 0.6 is 23.5 Å². The predicted molar refractivity (Wildman–Crippen MR) is 111 cm³/mol. The molecule has 7 N–H and O–H groups in total. The second-order valence-corrected chi connectivity index (χ2v) is 7.98. The number of carbonyl (C=O) groups excluding carboxylic acids is 3. The number of hydrogen-bond donors (Lipinski definition) is 6. The summed E-state index contributed by atoms with van der Waals surface area (Å²) in [6.45, 7) is -0.396. The van der Waals surface area contributed by atoms with Crippen LogP contribution in [0.1, 0.15) is 19.3 Å². The monoisotopic (exact) mass is 452 g/mol. The van der Waals surface area contributed by atoms with E-state index in [-0.39, 0.29) is 6.42 Å². The molecule has 166 valence electrons. The molecule has 0 saturated heterocycles. The van der Waals surface area contributed by atoms with Crippen molar-refractivity contribution in [3.8, 4) is 0 Å². The van der Waals surface area contributed by atoms with E-state index in [4.69, 9.17) is 15.9 Å². The van der Waals surface area contributed by atoms with Crippen LogP contribution in [0, 0.1) is 0 Å². The van der Waals surface area contributed by atoms with E-state index in [9.17, 15) is 24.0 Å². The largest absolute Gasteiger partial charge is 0.481 e. The summed E-state index contributed by atoms with van der Waals surface area (Å²) in [7, 11) is 0. The first kappa shape index (κ1) is 27.0. The van der Waals surface area contributed by atoms with Gasteiger partial charge in [-0.05, 0) is 36.9 Å². The number of carboxylic acid groups (broad SMARTS) is 2. The van der Waals surface area contributed by atoms with E-state index in [1.54, 1.807) is 6.26 Å². The third-order valence-corrected chi connectivity index (χ3v) is 4.94. The summed E-state index contributed by atoms with van der Waals surface area (Å²) in [5.74, 6) is -3.66. The zero-order valence-electron chi connectivity index (χ0n) is 16.3. The quantitative estimate of drug-likeness (QED) is 0.170. The van der Waals surface area contributed by atoms with E-state index in [1.807, 2.05) is 6.26 Å². The van der Waals surface area contributed by atoms with Crippen LogP contribution in [-0.2, 0) is 24.0 Å². The predicted octanol–water partition coefficient (Wildman–Crippen LogP) is -1.53. The molecule has 0 spiro atoms. The van der Waals surface area contributed by atoms with Gasteiger partial charge in [0.25, 0.3) is 0 Å². The van der Waals surface area contributed by atoms with Crippen molar-refractivity contribution in [3.05, 3.63) is 0 Å². The van der Waals surface area contributed by atoms with E-state index < -0.39 is 60.8 Å². The van der Waals surface area contributed by atoms with Crippen molar-refractivity contribution < 1.29 is 34.2 Å². The van der Waals surface area contributed by atoms with Gasteiger partial charge in [0, 0.05) is 0 Å². The normalized spacial score (nSPS) is 13.6. The Morgan fingerprint density at radius 3 is 2.00 bits per heavy atom. The lowest BCUT2D eigenvalue weighted by molar-refractivity contribution is -0.147. The van der Waals surface area contributed by atoms with E-state index >= 15 is 0 Å². The maximum absolute atomic E-state index is 12.3. The Kier molecular flexibility index (Phi) is 13.9. The molecule has 0 aliphatic rings. The first-order valence-electron chi connectivity index (χ1n) is 8.67. The Balaban J connectivity index is 4.81. The Labute approximate surface area is 177 Å². The van der Waals surface area contributed by atoms with Crippen molar-refractivity contribution in [3.63, 3.8) is 0 Å². The maximum Gasteiger partial charge on any atom is 0.326 e. The molecular weight excluding hydrogens is 424 g/mol. The van der Waals surface area contributed by atoms with Gasteiger partial charge in [-0.15, -0.1) is 0 Å². The van der Waals surface area contributed by atoms with Crippen LogP contribution in [0.3, 0.4) is 0 Å². The van der Waals surface area contributed by atoms with Crippen molar-refractivity contribution in [1.29, 1.82) is 0 Å². The highest BCUT2D eigenvalue weighted by atomic mass is 32.2. The topological polar surface area (TPSA) is 188 Å². The summed E-state index contributed by atoms with van der Waals surface area (Å²) >= 11 is 2.95. The minimum Gasteiger partial charge on any atom is -0.481 e. The van der Waals surface area contributed by atoms with Crippen LogP contribution in [0.25, 0.3) is 0 Å². The van der Waals surface area contributed by atoms with E-state index in [0.29, 0.717) is 17.9 Å². The third-order valence-electron chi connectivity index (χ3n) is 3.65. The van der Waals surface area contributed by atoms with Gasteiger partial charge in [0.1, 0.15) is 12.1 Å². The molecule has 0 fully saturated rings. The smallest absolute Gasteiger partial charge is 0.326 e. The SMILES string of the molecule is CSCCC(N)C(=O)NCC(=O)NC(CCSC)C(=O)NC(CC(=O)O)C(=O)O. The fourth-order valence-electron chi connectivity index (χ4n) is 2.07. The van der Waals surface area contributed by atoms with Crippen LogP contribution in [-0.4, -0.2) is 88.6 Å². The van der Waals surface area contributed by atoms with Gasteiger partial charge in [0.2, 0.25) is 17.7 Å². The molecule has 0 heterocycles. The summed E-state index contributed by atoms with van der Waals surface area (Å²) in [4.78, 5) is 58.1. The lowest BCUT2D eigenvalue weighted by atomic mass is 10.1. The molecule has 13 heteroatoms. The molecule has 29 heavy (non-hydrogen) atoms. The average molecular weight is 453 g/mol. The number of carbonyl (C=O) groups is 5. The summed E-state index contributed by atoms with van der Waals surface area (Å²) in [5, 5.41) is 24.7. The molecule has 11 nitrogen and oxygen atoms in total. The van der Waals surface area contributed by atoms with Crippen molar-refractivity contribution in [2.24, 2.45) is 5.73 Å². The molecule has 0 rings (SSSR count). The third kappa shape index (κ3) is 12.2. The zero-order valence-corrected chi connectivity index (χ0v) is 17.9. The summed E-state index contributed by atoms with van der Waals surface area (Å²) in [6, 6.07) is -3.45. The summed E-state index contributed by atoms with van der Waals surface area (Å²) in [5.41, 5.74) is 5.70. The van der Waals surface area contributed by atoms with Gasteiger partial charge < -0.3 is 31.9 Å². The molecular formula is C16H28N4O7S2. The molecule has 0 aromatic heterocycles. The highest BCUT2D eigenvalue weighted by Gasteiger charge is 2.28. The number of nitrogens with one attached hydrogen (secondary N) is 3. The lowest BCUT2D eigenvalue weighted by Crippen LogP contribution is -2.54. The van der Waals surface area contributed by atoms with Gasteiger partial charge in [-0.2, -0.15) is 23.5 Å². The molecule has 3 amide bonds. The van der Waals surface area contributed by atoms with Crippen LogP contribution in [0.4, 0.5) is 0 Å². The summed E-state index contributed by atoms with van der Waals surface area (Å²) in [6.07, 6.45) is 3.52. The number of aliphatic carboxylic acids is 2. The van der Waals surface area contributed by atoms with Crippen molar-refractivity contribution >= 4 is 53.2 Å². The van der Waals surface area contributed by atoms with Gasteiger partial charge >= 0.3 is 11.9 Å². The second-order valence-electron chi connectivity index (χ2n) is 6.00. The number of thioether (sulfide) groups is 2. The first-order chi connectivity index (χ1) is 13.6. The Morgan fingerprint density at radius 1 is 0.897 bits per heavy atom. The van der Waals surface area contributed by atoms with Gasteiger partial charge in [-0.1, -0.05) is 0 Å². The first-order valence-corrected chi connectivity index (χ1v) is 11.5. The van der Waals surface area contributed by atoms with Gasteiger partial charge in [0.15, 0.2) is 0 Å². The van der Waals surface area contributed by atoms with E-state index in [2.05, 4.69) is 16.0 Å². The molecule has 0 aliphatic carbocycles. The summed E-state index contributed by atoms with van der Waals surface area (Å²) < 4.78 is 0. The van der Waals surface area contributed by atoms with Crippen LogP contribution in [0.5, 0.6) is 0 Å². The minimum atomic E-state index is -1.62. The Morgan fingerprint density at radius 2 is 1.48 bits per heavy atom. The van der Waals surface area contributed by atoms with Crippen molar-refractivity contribution in [1.82, 2.24) is 16.0 Å². The highest BCUT2D eigenvalue weighted by Crippen LogP contribution is 2.03. The van der Waals surface area contributed by atoms with E-state index in [0.717, 1.165) is 0 Å². The molecule has 3 unspecified atom stereocenters. The average Bonchev–Trinajstić information content (AvgIpc) is 2.66. The molecule has 0 aromatic rings. The van der Waals surface area contributed by atoms with Crippen LogP contribution in [0.2, 0.25) is 0 Å². The molecule has 0 radical (unpaired) electrons. The van der Waals surface area contributed by atoms with Crippen LogP contribution in [0.15, 0.2) is 0 Å². The minimum absolute atomic E-state index is 0.194. The number of nitrogens with two attached hydrogens (primary N) is 1. The fraction of sp³-hybridized carbons (Fsp3) is 0.688. The van der Waals surface area contributed by atoms with Crippen molar-refractivity contribution in [2.75, 3.05) is 30.6 Å². The fourth-order valence-corrected chi connectivity index (χ4v) is 3.03. The van der Waals surface area contributed by atoms with Gasteiger partial charge in [0.05, 0.1) is 19.0 Å². The van der Waals surface area contributed by atoms with Crippen LogP contribution < -0.4 is 21.7 Å². The number of carboxylic acids is 2.